The molecule has 0 bridgehead atoms. The van der Waals surface area contributed by atoms with Gasteiger partial charge in [-0.25, -0.2) is 0 Å². The first-order valence-electron chi connectivity index (χ1n) is 5.84. The SMILES string of the molecule is CC(C)(CCl)C(=O)NCc1cc2ccccc2o1. The molecule has 0 fully saturated rings. The lowest BCUT2D eigenvalue weighted by Crippen LogP contribution is -2.37. The number of alkyl halides is 1. The number of rotatable bonds is 4. The lowest BCUT2D eigenvalue weighted by molar-refractivity contribution is -0.128. The van der Waals surface area contributed by atoms with Crippen molar-refractivity contribution in [3.05, 3.63) is 36.1 Å². The highest BCUT2D eigenvalue weighted by Gasteiger charge is 2.26. The summed E-state index contributed by atoms with van der Waals surface area (Å²) >= 11 is 5.75. The molecule has 3 nitrogen and oxygen atoms in total. The number of amides is 1. The summed E-state index contributed by atoms with van der Waals surface area (Å²) in [6, 6.07) is 9.70. The van der Waals surface area contributed by atoms with Crippen LogP contribution >= 0.6 is 11.6 Å². The van der Waals surface area contributed by atoms with Crippen molar-refractivity contribution >= 4 is 28.5 Å². The van der Waals surface area contributed by atoms with Crippen LogP contribution in [-0.2, 0) is 11.3 Å². The summed E-state index contributed by atoms with van der Waals surface area (Å²) in [6.45, 7) is 4.01. The van der Waals surface area contributed by atoms with E-state index in [1.807, 2.05) is 44.2 Å². The first kappa shape index (κ1) is 13.0. The molecule has 2 rings (SSSR count). The Morgan fingerprint density at radius 2 is 2.11 bits per heavy atom. The van der Waals surface area contributed by atoms with Crippen LogP contribution in [0.5, 0.6) is 0 Å². The van der Waals surface area contributed by atoms with E-state index in [9.17, 15) is 4.79 Å². The number of halogens is 1. The zero-order valence-electron chi connectivity index (χ0n) is 10.5. The molecule has 1 aromatic heterocycles. The minimum atomic E-state index is -0.562. The van der Waals surface area contributed by atoms with Gasteiger partial charge in [-0.1, -0.05) is 18.2 Å². The molecule has 0 unspecified atom stereocenters. The predicted molar refractivity (Wildman–Crippen MR) is 72.6 cm³/mol. The van der Waals surface area contributed by atoms with Crippen molar-refractivity contribution in [2.45, 2.75) is 20.4 Å². The van der Waals surface area contributed by atoms with Crippen LogP contribution in [-0.4, -0.2) is 11.8 Å². The molecule has 1 N–H and O–H groups in total. The van der Waals surface area contributed by atoms with Crippen LogP contribution in [0.3, 0.4) is 0 Å². The van der Waals surface area contributed by atoms with Crippen LogP contribution in [0, 0.1) is 5.41 Å². The largest absolute Gasteiger partial charge is 0.459 e. The predicted octanol–water partition coefficient (Wildman–Crippen LogP) is 3.31. The Hall–Kier alpha value is -1.48. The fourth-order valence-corrected chi connectivity index (χ4v) is 1.71. The summed E-state index contributed by atoms with van der Waals surface area (Å²) in [4.78, 5) is 11.8. The first-order chi connectivity index (χ1) is 8.53. The third-order valence-electron chi connectivity index (χ3n) is 2.85. The Morgan fingerprint density at radius 1 is 1.39 bits per heavy atom. The molecule has 0 aliphatic rings. The minimum Gasteiger partial charge on any atom is -0.459 e. The maximum atomic E-state index is 11.8. The lowest BCUT2D eigenvalue weighted by atomic mass is 9.95. The molecule has 1 aromatic carbocycles. The van der Waals surface area contributed by atoms with E-state index in [2.05, 4.69) is 5.32 Å². The molecule has 0 aliphatic carbocycles. The zero-order chi connectivity index (χ0) is 13.2. The van der Waals surface area contributed by atoms with Gasteiger partial charge < -0.3 is 9.73 Å². The molecule has 96 valence electrons. The van der Waals surface area contributed by atoms with Gasteiger partial charge in [0.15, 0.2) is 0 Å². The highest BCUT2D eigenvalue weighted by molar-refractivity contribution is 6.19. The number of nitrogens with one attached hydrogen (secondary N) is 1. The smallest absolute Gasteiger partial charge is 0.227 e. The first-order valence-corrected chi connectivity index (χ1v) is 6.38. The Labute approximate surface area is 111 Å². The van der Waals surface area contributed by atoms with E-state index in [0.717, 1.165) is 16.7 Å². The Balaban J connectivity index is 2.04. The monoisotopic (exact) mass is 265 g/mol. The number of hydrogen-bond donors (Lipinski definition) is 1. The van der Waals surface area contributed by atoms with Crippen molar-refractivity contribution in [3.63, 3.8) is 0 Å². The van der Waals surface area contributed by atoms with Crippen molar-refractivity contribution in [1.29, 1.82) is 0 Å². The number of hydrogen-bond acceptors (Lipinski definition) is 2. The van der Waals surface area contributed by atoms with Gasteiger partial charge in [0.2, 0.25) is 5.91 Å². The summed E-state index contributed by atoms with van der Waals surface area (Å²) in [5.41, 5.74) is 0.270. The van der Waals surface area contributed by atoms with Crippen LogP contribution in [0.1, 0.15) is 19.6 Å². The van der Waals surface area contributed by atoms with Gasteiger partial charge in [0.05, 0.1) is 12.0 Å². The Kier molecular flexibility index (Phi) is 3.62. The number of para-hydroxylation sites is 1. The summed E-state index contributed by atoms with van der Waals surface area (Å²) in [5.74, 6) is 0.965. The molecule has 0 spiro atoms. The highest BCUT2D eigenvalue weighted by Crippen LogP contribution is 2.20. The molecular formula is C14H16ClNO2. The Bertz CT molecular complexity index is 527. The number of furan rings is 1. The average molecular weight is 266 g/mol. The third kappa shape index (κ3) is 2.67. The zero-order valence-corrected chi connectivity index (χ0v) is 11.3. The van der Waals surface area contributed by atoms with Crippen molar-refractivity contribution < 1.29 is 9.21 Å². The van der Waals surface area contributed by atoms with Crippen LogP contribution in [0.2, 0.25) is 0 Å². The van der Waals surface area contributed by atoms with Gasteiger partial charge in [0.1, 0.15) is 11.3 Å². The van der Waals surface area contributed by atoms with Gasteiger partial charge in [0.25, 0.3) is 0 Å². The van der Waals surface area contributed by atoms with Crippen LogP contribution < -0.4 is 5.32 Å². The lowest BCUT2D eigenvalue weighted by Gasteiger charge is -2.19. The van der Waals surface area contributed by atoms with E-state index in [-0.39, 0.29) is 5.91 Å². The number of carbonyl (C=O) groups is 1. The van der Waals surface area contributed by atoms with E-state index in [0.29, 0.717) is 12.4 Å². The molecule has 2 aromatic rings. The number of fused-ring (bicyclic) bond motifs is 1. The maximum absolute atomic E-state index is 11.8. The van der Waals surface area contributed by atoms with Crippen LogP contribution in [0.4, 0.5) is 0 Å². The van der Waals surface area contributed by atoms with E-state index >= 15 is 0 Å². The molecular weight excluding hydrogens is 250 g/mol. The molecule has 18 heavy (non-hydrogen) atoms. The van der Waals surface area contributed by atoms with Crippen molar-refractivity contribution in [2.24, 2.45) is 5.41 Å². The summed E-state index contributed by atoms with van der Waals surface area (Å²) < 4.78 is 5.62. The molecule has 4 heteroatoms. The van der Waals surface area contributed by atoms with E-state index in [4.69, 9.17) is 16.0 Å². The van der Waals surface area contributed by atoms with E-state index in [1.165, 1.54) is 0 Å². The molecule has 0 radical (unpaired) electrons. The topological polar surface area (TPSA) is 42.2 Å². The molecule has 0 saturated heterocycles. The summed E-state index contributed by atoms with van der Waals surface area (Å²) in [5, 5.41) is 3.87. The van der Waals surface area contributed by atoms with Gasteiger partial charge in [0, 0.05) is 11.3 Å². The van der Waals surface area contributed by atoms with Crippen LogP contribution in [0.15, 0.2) is 34.7 Å². The van der Waals surface area contributed by atoms with E-state index < -0.39 is 5.41 Å². The molecule has 0 atom stereocenters. The fourth-order valence-electron chi connectivity index (χ4n) is 1.59. The maximum Gasteiger partial charge on any atom is 0.227 e. The van der Waals surface area contributed by atoms with Gasteiger partial charge in [-0.15, -0.1) is 11.6 Å². The molecule has 1 amide bonds. The molecule has 0 saturated carbocycles. The van der Waals surface area contributed by atoms with Crippen LogP contribution in [0.25, 0.3) is 11.0 Å². The Morgan fingerprint density at radius 3 is 2.78 bits per heavy atom. The summed E-state index contributed by atoms with van der Waals surface area (Å²) in [6.07, 6.45) is 0. The number of carbonyl (C=O) groups excluding carboxylic acids is 1. The van der Waals surface area contributed by atoms with Gasteiger partial charge in [-0.2, -0.15) is 0 Å². The van der Waals surface area contributed by atoms with Gasteiger partial charge in [-0.05, 0) is 26.0 Å². The summed E-state index contributed by atoms with van der Waals surface area (Å²) in [7, 11) is 0. The normalized spacial score (nSPS) is 11.7. The second-order valence-electron chi connectivity index (χ2n) is 4.95. The van der Waals surface area contributed by atoms with Gasteiger partial charge >= 0.3 is 0 Å². The highest BCUT2D eigenvalue weighted by atomic mass is 35.5. The minimum absolute atomic E-state index is 0.0713. The molecule has 1 heterocycles. The van der Waals surface area contributed by atoms with Crippen molar-refractivity contribution in [1.82, 2.24) is 5.32 Å². The second-order valence-corrected chi connectivity index (χ2v) is 5.22. The second kappa shape index (κ2) is 5.02. The van der Waals surface area contributed by atoms with Gasteiger partial charge in [-0.3, -0.25) is 4.79 Å². The van der Waals surface area contributed by atoms with Crippen molar-refractivity contribution in [3.8, 4) is 0 Å². The standard InChI is InChI=1S/C14H16ClNO2/c1-14(2,9-15)13(17)16-8-11-7-10-5-3-4-6-12(10)18-11/h3-7H,8-9H2,1-2H3,(H,16,17). The number of benzene rings is 1. The van der Waals surface area contributed by atoms with Crippen molar-refractivity contribution in [2.75, 3.05) is 5.88 Å². The quantitative estimate of drug-likeness (QED) is 0.862. The fraction of sp³-hybridized carbons (Fsp3) is 0.357. The molecule has 0 aliphatic heterocycles. The average Bonchev–Trinajstić information content (AvgIpc) is 2.78. The third-order valence-corrected chi connectivity index (χ3v) is 3.52. The van der Waals surface area contributed by atoms with E-state index in [1.54, 1.807) is 0 Å².